The van der Waals surface area contributed by atoms with Crippen molar-refractivity contribution in [3.8, 4) is 0 Å². The van der Waals surface area contributed by atoms with Crippen molar-refractivity contribution in [2.45, 2.75) is 0 Å². The molecule has 0 heterocycles. The van der Waals surface area contributed by atoms with Crippen molar-refractivity contribution < 1.29 is 21.8 Å². The van der Waals surface area contributed by atoms with Crippen LogP contribution >= 0.6 is 0 Å². The van der Waals surface area contributed by atoms with Crippen molar-refractivity contribution in [3.05, 3.63) is 0 Å². The molecule has 0 saturated heterocycles. The van der Waals surface area contributed by atoms with Gasteiger partial charge in [0.05, 0.1) is 0 Å². The van der Waals surface area contributed by atoms with E-state index in [9.17, 15) is 0 Å². The Balaban J connectivity index is -0.00000000500. The Morgan fingerprint density at radius 2 is 1.25 bits per heavy atom. The second-order valence-corrected chi connectivity index (χ2v) is 0. The van der Waals surface area contributed by atoms with Crippen molar-refractivity contribution in [1.29, 1.82) is 0 Å². The fourth-order valence-corrected chi connectivity index (χ4v) is 0. The summed E-state index contributed by atoms with van der Waals surface area (Å²) in [6, 6.07) is 0. The first-order valence-corrected chi connectivity index (χ1v) is 1.50. The predicted octanol–water partition coefficient (Wildman–Crippen LogP) is -2.76. The fraction of sp³-hybridized carbons (Fsp3) is 0. The average molecular weight is 277 g/mol. The zero-order valence-corrected chi connectivity index (χ0v) is 4.08. The third kappa shape index (κ3) is 9.13. The Morgan fingerprint density at radius 1 is 1.25 bits per heavy atom. The van der Waals surface area contributed by atoms with Crippen molar-refractivity contribution in [3.63, 3.8) is 0 Å². The summed E-state index contributed by atoms with van der Waals surface area (Å²) in [5.41, 5.74) is 0. The van der Waals surface area contributed by atoms with E-state index >= 15 is 0 Å². The van der Waals surface area contributed by atoms with Gasteiger partial charge in [0.1, 0.15) is 0 Å². The van der Waals surface area contributed by atoms with Crippen LogP contribution in [0.25, 0.3) is 0 Å². The number of hydrogen-bond donors (Lipinski definition) is 0. The van der Waals surface area contributed by atoms with Crippen LogP contribution in [0.3, 0.4) is 0 Å². The molecule has 0 aromatic heterocycles. The standard InChI is InChI=1S/Ga.O.Sn.Zn.7H. The van der Waals surface area contributed by atoms with Gasteiger partial charge in [-0.25, -0.2) is 0 Å². The Bertz CT molecular complexity index is 8.00. The number of hydrogen-bond acceptors (Lipinski definition) is 1. The predicted molar refractivity (Wildman–Crippen MR) is 22.0 cm³/mol. The number of rotatable bonds is 0. The fourth-order valence-electron chi connectivity index (χ4n) is 0. The minimum absolute atomic E-state index is 0. The summed E-state index contributed by atoms with van der Waals surface area (Å²) in [4.78, 5) is 0. The van der Waals surface area contributed by atoms with E-state index in [2.05, 4.69) is 0 Å². The molecule has 0 spiro atoms. The van der Waals surface area contributed by atoms with E-state index in [4.69, 9.17) is 3.57 Å². The van der Waals surface area contributed by atoms with Gasteiger partial charge in [-0.15, -0.1) is 0 Å². The third-order valence-electron chi connectivity index (χ3n) is 0. The Labute approximate surface area is 64.9 Å². The summed E-state index contributed by atoms with van der Waals surface area (Å²) < 4.78 is 8.38. The van der Waals surface area contributed by atoms with E-state index < -0.39 is 0 Å². The van der Waals surface area contributed by atoms with Gasteiger partial charge in [0.25, 0.3) is 0 Å². The zero-order valence-electron chi connectivity index (χ0n) is 1.12. The molecule has 1 nitrogen and oxygen atoms in total. The minimum atomic E-state index is 0. The maximum atomic E-state index is 8.38. The van der Waals surface area contributed by atoms with E-state index in [-0.39, 0.29) is 62.0 Å². The summed E-state index contributed by atoms with van der Waals surface area (Å²) in [6.45, 7) is 0. The molecule has 0 saturated carbocycles. The molecule has 0 bridgehead atoms. The molecule has 0 aromatic rings. The van der Waals surface area contributed by atoms with Gasteiger partial charge < -0.3 is 0 Å². The van der Waals surface area contributed by atoms with Crippen LogP contribution in [0.5, 0.6) is 0 Å². The van der Waals surface area contributed by atoms with E-state index in [0.717, 1.165) is 0 Å². The van der Waals surface area contributed by atoms with Crippen LogP contribution in [0, 0.1) is 0 Å². The molecular weight excluding hydrogens is 270 g/mol. The summed E-state index contributed by atoms with van der Waals surface area (Å²) >= 11 is 0.125. The molecule has 0 aromatic carbocycles. The van der Waals surface area contributed by atoms with Gasteiger partial charge in [0.2, 0.25) is 0 Å². The van der Waals surface area contributed by atoms with Gasteiger partial charge in [0.15, 0.2) is 0 Å². The van der Waals surface area contributed by atoms with E-state index in [1.54, 1.807) is 0 Å². The molecule has 0 aliphatic carbocycles. The molecule has 0 fully saturated rings. The van der Waals surface area contributed by atoms with Crippen LogP contribution in [-0.4, -0.2) is 43.7 Å². The molecule has 4 heteroatoms. The van der Waals surface area contributed by atoms with Crippen molar-refractivity contribution in [2.75, 3.05) is 0 Å². The zero-order chi connectivity index (χ0) is 2.00. The molecule has 0 atom stereocenters. The van der Waals surface area contributed by atoms with Crippen LogP contribution in [0.2, 0.25) is 0 Å². The molecular formula is H7GaOSnZn. The van der Waals surface area contributed by atoms with Crippen LogP contribution in [0.4, 0.5) is 0 Å². The van der Waals surface area contributed by atoms with Gasteiger partial charge >= 0.3 is 65.5 Å². The summed E-state index contributed by atoms with van der Waals surface area (Å²) in [5, 5.41) is 0. The molecule has 0 N–H and O–H groups in total. The van der Waals surface area contributed by atoms with Crippen LogP contribution in [0.1, 0.15) is 0 Å². The van der Waals surface area contributed by atoms with Crippen LogP contribution < -0.4 is 0 Å². The van der Waals surface area contributed by atoms with E-state index in [0.29, 0.717) is 0 Å². The van der Waals surface area contributed by atoms with Gasteiger partial charge in [-0.2, -0.15) is 0 Å². The van der Waals surface area contributed by atoms with Gasteiger partial charge in [-0.1, -0.05) is 0 Å². The molecule has 0 radical (unpaired) electrons. The Hall–Kier alpha value is 1.86. The van der Waals surface area contributed by atoms with Gasteiger partial charge in [0, 0.05) is 0 Å². The molecule has 4 heavy (non-hydrogen) atoms. The topological polar surface area (TPSA) is 17.1 Å². The van der Waals surface area contributed by atoms with Crippen molar-refractivity contribution >= 4 is 43.7 Å². The van der Waals surface area contributed by atoms with E-state index in [1.165, 1.54) is 0 Å². The molecule has 22 valence electrons. The first-order valence-electron chi connectivity index (χ1n) is 0.289. The van der Waals surface area contributed by atoms with Crippen LogP contribution in [-0.2, 0) is 21.8 Å². The first-order chi connectivity index (χ1) is 1.00. The van der Waals surface area contributed by atoms with Crippen molar-refractivity contribution in [1.82, 2.24) is 0 Å². The van der Waals surface area contributed by atoms with Crippen LogP contribution in [0.15, 0.2) is 0 Å². The normalized spacial score (nSPS) is 1.50. The molecule has 0 aliphatic heterocycles. The maximum absolute atomic E-state index is 8.38. The Morgan fingerprint density at radius 3 is 1.25 bits per heavy atom. The SMILES string of the molecule is [GaH3].[O]=[Zn].[SnH4]. The monoisotopic (exact) mass is 276 g/mol. The van der Waals surface area contributed by atoms with Gasteiger partial charge in [-0.3, -0.25) is 0 Å². The van der Waals surface area contributed by atoms with Gasteiger partial charge in [-0.05, 0) is 0 Å². The summed E-state index contributed by atoms with van der Waals surface area (Å²) in [5.74, 6) is 0. The third-order valence-corrected chi connectivity index (χ3v) is 0. The Kier molecular flexibility index (Phi) is 88.6. The second kappa shape index (κ2) is 20.9. The molecule has 0 rings (SSSR count). The average Bonchev–Trinajstić information content (AvgIpc) is 1.00. The molecule has 0 aliphatic rings. The second-order valence-electron chi connectivity index (χ2n) is 0. The molecule has 0 unspecified atom stereocenters. The summed E-state index contributed by atoms with van der Waals surface area (Å²) in [7, 11) is 0. The quantitative estimate of drug-likeness (QED) is 0.439. The van der Waals surface area contributed by atoms with E-state index in [1.807, 2.05) is 0 Å². The summed E-state index contributed by atoms with van der Waals surface area (Å²) in [6.07, 6.45) is 0. The van der Waals surface area contributed by atoms with Crippen molar-refractivity contribution in [2.24, 2.45) is 0 Å². The first kappa shape index (κ1) is 16.9. The molecule has 0 amide bonds.